The Bertz CT molecular complexity index is 855. The fourth-order valence-electron chi connectivity index (χ4n) is 3.76. The van der Waals surface area contributed by atoms with Crippen LogP contribution in [0.25, 0.3) is 0 Å². The number of piperazine rings is 1. The summed E-state index contributed by atoms with van der Waals surface area (Å²) in [4.78, 5) is 39.1. The van der Waals surface area contributed by atoms with Gasteiger partial charge in [-0.3, -0.25) is 9.59 Å². The third-order valence-electron chi connectivity index (χ3n) is 5.31. The molecule has 0 saturated carbocycles. The lowest BCUT2D eigenvalue weighted by atomic mass is 10.1. The van der Waals surface area contributed by atoms with Crippen LogP contribution in [0.15, 0.2) is 42.7 Å². The fraction of sp³-hybridized carbons (Fsp3) is 0.400. The first-order chi connectivity index (χ1) is 13.6. The Morgan fingerprint density at radius 2 is 1.79 bits per heavy atom. The van der Waals surface area contributed by atoms with Gasteiger partial charge in [0.1, 0.15) is 5.82 Å². The Hall–Kier alpha value is -3.03. The second kappa shape index (κ2) is 7.92. The number of benzene rings is 1. The molecule has 2 aromatic rings. The van der Waals surface area contributed by atoms with Crippen molar-refractivity contribution in [3.05, 3.63) is 54.1 Å². The van der Waals surface area contributed by atoms with E-state index in [1.165, 1.54) is 6.07 Å². The zero-order valence-corrected chi connectivity index (χ0v) is 15.5. The molecular weight excluding hydrogens is 361 g/mol. The molecule has 7 nitrogen and oxygen atoms in total. The quantitative estimate of drug-likeness (QED) is 0.796. The SMILES string of the molecule is O=C1CC(C(=O)N2CCN(c3ncccn3)CC2)CN1Cc1ccccc1F. The molecule has 2 aliphatic rings. The molecule has 4 rings (SSSR count). The van der Waals surface area contributed by atoms with E-state index in [4.69, 9.17) is 0 Å². The lowest BCUT2D eigenvalue weighted by Gasteiger charge is -2.35. The van der Waals surface area contributed by atoms with E-state index in [0.717, 1.165) is 0 Å². The monoisotopic (exact) mass is 383 g/mol. The minimum absolute atomic E-state index is 0.00184. The fourth-order valence-corrected chi connectivity index (χ4v) is 3.76. The highest BCUT2D eigenvalue weighted by Gasteiger charge is 2.37. The number of halogens is 1. The predicted octanol–water partition coefficient (Wildman–Crippen LogP) is 1.31. The Kier molecular flexibility index (Phi) is 5.18. The highest BCUT2D eigenvalue weighted by molar-refractivity contribution is 5.89. The predicted molar refractivity (Wildman–Crippen MR) is 101 cm³/mol. The van der Waals surface area contributed by atoms with Gasteiger partial charge in [0.15, 0.2) is 0 Å². The van der Waals surface area contributed by atoms with Crippen molar-refractivity contribution in [2.24, 2.45) is 5.92 Å². The van der Waals surface area contributed by atoms with Crippen LogP contribution in [0.3, 0.4) is 0 Å². The average Bonchev–Trinajstić information content (AvgIpc) is 3.10. The lowest BCUT2D eigenvalue weighted by molar-refractivity contribution is -0.136. The van der Waals surface area contributed by atoms with Crippen LogP contribution < -0.4 is 4.90 Å². The minimum atomic E-state index is -0.362. The Balaban J connectivity index is 1.33. The number of hydrogen-bond donors (Lipinski definition) is 0. The van der Waals surface area contributed by atoms with Gasteiger partial charge in [-0.05, 0) is 12.1 Å². The van der Waals surface area contributed by atoms with Crippen LogP contribution in [-0.2, 0) is 16.1 Å². The van der Waals surface area contributed by atoms with Gasteiger partial charge >= 0.3 is 0 Å². The van der Waals surface area contributed by atoms with Crippen molar-refractivity contribution in [2.45, 2.75) is 13.0 Å². The van der Waals surface area contributed by atoms with Gasteiger partial charge in [0.2, 0.25) is 17.8 Å². The number of anilines is 1. The van der Waals surface area contributed by atoms with Crippen molar-refractivity contribution in [3.8, 4) is 0 Å². The Labute approximate surface area is 162 Å². The summed E-state index contributed by atoms with van der Waals surface area (Å²) >= 11 is 0. The van der Waals surface area contributed by atoms with E-state index in [9.17, 15) is 14.0 Å². The van der Waals surface area contributed by atoms with Crippen LogP contribution in [0.1, 0.15) is 12.0 Å². The van der Waals surface area contributed by atoms with E-state index in [0.29, 0.717) is 44.2 Å². The number of carbonyl (C=O) groups excluding carboxylic acids is 2. The molecule has 1 aromatic heterocycles. The summed E-state index contributed by atoms with van der Waals surface area (Å²) < 4.78 is 13.9. The normalized spacial score (nSPS) is 20.0. The van der Waals surface area contributed by atoms with E-state index in [1.54, 1.807) is 41.6 Å². The van der Waals surface area contributed by atoms with Crippen LogP contribution in [0.2, 0.25) is 0 Å². The number of amides is 2. The molecule has 1 aromatic carbocycles. The molecule has 2 aliphatic heterocycles. The molecule has 0 bridgehead atoms. The van der Waals surface area contributed by atoms with Crippen molar-refractivity contribution in [3.63, 3.8) is 0 Å². The minimum Gasteiger partial charge on any atom is -0.339 e. The molecule has 1 unspecified atom stereocenters. The molecule has 0 aliphatic carbocycles. The standard InChI is InChI=1S/C20H22FN5O2/c21-17-5-2-1-4-15(17)13-26-14-16(12-18(26)27)19(28)24-8-10-25(11-9-24)20-22-6-3-7-23-20/h1-7,16H,8-14H2. The summed E-state index contributed by atoms with van der Waals surface area (Å²) in [5.41, 5.74) is 0.473. The van der Waals surface area contributed by atoms with Gasteiger partial charge in [0.05, 0.1) is 5.92 Å². The molecule has 2 saturated heterocycles. The van der Waals surface area contributed by atoms with E-state index >= 15 is 0 Å². The highest BCUT2D eigenvalue weighted by atomic mass is 19.1. The summed E-state index contributed by atoms with van der Waals surface area (Å²) in [7, 11) is 0. The van der Waals surface area contributed by atoms with Gasteiger partial charge in [-0.1, -0.05) is 18.2 Å². The van der Waals surface area contributed by atoms with Gasteiger partial charge in [-0.25, -0.2) is 14.4 Å². The molecule has 3 heterocycles. The summed E-state index contributed by atoms with van der Waals surface area (Å²) in [5, 5.41) is 0. The highest BCUT2D eigenvalue weighted by Crippen LogP contribution is 2.24. The number of hydrogen-bond acceptors (Lipinski definition) is 5. The molecule has 0 radical (unpaired) electrons. The summed E-state index contributed by atoms with van der Waals surface area (Å²) in [5.74, 6) is -0.124. The van der Waals surface area contributed by atoms with Gasteiger partial charge < -0.3 is 14.7 Å². The number of carbonyl (C=O) groups is 2. The van der Waals surface area contributed by atoms with Gasteiger partial charge in [-0.15, -0.1) is 0 Å². The summed E-state index contributed by atoms with van der Waals surface area (Å²) in [6.45, 7) is 3.03. The maximum Gasteiger partial charge on any atom is 0.228 e. The van der Waals surface area contributed by atoms with E-state index < -0.39 is 0 Å². The van der Waals surface area contributed by atoms with E-state index in [-0.39, 0.29) is 36.5 Å². The third-order valence-corrected chi connectivity index (χ3v) is 5.31. The lowest BCUT2D eigenvalue weighted by Crippen LogP contribution is -2.51. The maximum absolute atomic E-state index is 13.9. The smallest absolute Gasteiger partial charge is 0.228 e. The van der Waals surface area contributed by atoms with E-state index in [2.05, 4.69) is 9.97 Å². The van der Waals surface area contributed by atoms with Crippen LogP contribution in [-0.4, -0.2) is 64.3 Å². The number of rotatable bonds is 4. The molecule has 2 amide bonds. The van der Waals surface area contributed by atoms with Crippen LogP contribution in [0.4, 0.5) is 10.3 Å². The molecule has 1 atom stereocenters. The van der Waals surface area contributed by atoms with Crippen LogP contribution >= 0.6 is 0 Å². The van der Waals surface area contributed by atoms with Crippen molar-refractivity contribution in [1.29, 1.82) is 0 Å². The molecule has 2 fully saturated rings. The van der Waals surface area contributed by atoms with Crippen molar-refractivity contribution in [1.82, 2.24) is 19.8 Å². The van der Waals surface area contributed by atoms with Gasteiger partial charge in [-0.2, -0.15) is 0 Å². The molecule has 8 heteroatoms. The van der Waals surface area contributed by atoms with Crippen molar-refractivity contribution < 1.29 is 14.0 Å². The zero-order valence-electron chi connectivity index (χ0n) is 15.5. The molecule has 0 spiro atoms. The van der Waals surface area contributed by atoms with Crippen LogP contribution in [0, 0.1) is 11.7 Å². The van der Waals surface area contributed by atoms with E-state index in [1.807, 2.05) is 9.80 Å². The van der Waals surface area contributed by atoms with Crippen molar-refractivity contribution in [2.75, 3.05) is 37.6 Å². The number of aromatic nitrogens is 2. The second-order valence-electron chi connectivity index (χ2n) is 7.13. The van der Waals surface area contributed by atoms with Gasteiger partial charge in [0, 0.05) is 63.6 Å². The van der Waals surface area contributed by atoms with Crippen LogP contribution in [0.5, 0.6) is 0 Å². The molecular formula is C20H22FN5O2. The number of likely N-dealkylation sites (tertiary alicyclic amines) is 1. The first kappa shape index (κ1) is 18.3. The molecule has 146 valence electrons. The third kappa shape index (κ3) is 3.81. The topological polar surface area (TPSA) is 69.6 Å². The summed E-state index contributed by atoms with van der Waals surface area (Å²) in [6.07, 6.45) is 3.59. The summed E-state index contributed by atoms with van der Waals surface area (Å²) in [6, 6.07) is 8.19. The number of nitrogens with zero attached hydrogens (tertiary/aromatic N) is 5. The zero-order chi connectivity index (χ0) is 19.5. The largest absolute Gasteiger partial charge is 0.339 e. The first-order valence-corrected chi connectivity index (χ1v) is 9.44. The van der Waals surface area contributed by atoms with Gasteiger partial charge in [0.25, 0.3) is 0 Å². The average molecular weight is 383 g/mol. The Morgan fingerprint density at radius 3 is 2.50 bits per heavy atom. The second-order valence-corrected chi connectivity index (χ2v) is 7.13. The maximum atomic E-state index is 13.9. The molecule has 0 N–H and O–H groups in total. The van der Waals surface area contributed by atoms with Crippen molar-refractivity contribution >= 4 is 17.8 Å². The molecule has 28 heavy (non-hydrogen) atoms. The first-order valence-electron chi connectivity index (χ1n) is 9.44. The Morgan fingerprint density at radius 1 is 1.07 bits per heavy atom.